The first-order valence-electron chi connectivity index (χ1n) is 7.74. The van der Waals surface area contributed by atoms with E-state index in [1.807, 2.05) is 0 Å². The maximum atomic E-state index is 12.1. The van der Waals surface area contributed by atoms with E-state index in [2.05, 4.69) is 10.3 Å². The topological polar surface area (TPSA) is 93.2 Å². The molecule has 23 heavy (non-hydrogen) atoms. The molecule has 0 atom stereocenters. The predicted molar refractivity (Wildman–Crippen MR) is 85.4 cm³/mol. The second-order valence-electron chi connectivity index (χ2n) is 5.61. The molecule has 3 rings (SSSR count). The van der Waals surface area contributed by atoms with Crippen molar-refractivity contribution in [2.24, 2.45) is 5.92 Å². The van der Waals surface area contributed by atoms with Crippen LogP contribution in [-0.2, 0) is 16.1 Å². The Balaban J connectivity index is 1.72. The smallest absolute Gasteiger partial charge is 0.316 e. The van der Waals surface area contributed by atoms with Crippen molar-refractivity contribution >= 4 is 16.9 Å². The number of fused-ring (bicyclic) bond motifs is 1. The van der Waals surface area contributed by atoms with Crippen LogP contribution in [0.4, 0.5) is 0 Å². The zero-order valence-corrected chi connectivity index (χ0v) is 12.7. The number of hydrogen-bond donors (Lipinski definition) is 2. The fourth-order valence-electron chi connectivity index (χ4n) is 2.84. The number of aromatic amines is 1. The van der Waals surface area contributed by atoms with Crippen molar-refractivity contribution < 1.29 is 9.53 Å². The predicted octanol–water partition coefficient (Wildman–Crippen LogP) is 0.233. The van der Waals surface area contributed by atoms with Gasteiger partial charge in [0.05, 0.1) is 11.0 Å². The van der Waals surface area contributed by atoms with Crippen LogP contribution in [-0.4, -0.2) is 35.2 Å². The van der Waals surface area contributed by atoms with Crippen LogP contribution in [0.2, 0.25) is 0 Å². The van der Waals surface area contributed by atoms with Gasteiger partial charge in [0.15, 0.2) is 0 Å². The number of nitrogens with zero attached hydrogens (tertiary/aromatic N) is 1. The number of carbonyl (C=O) groups excluding carboxylic acids is 1. The molecular formula is C16H19N3O4. The summed E-state index contributed by atoms with van der Waals surface area (Å²) < 4.78 is 6.64. The van der Waals surface area contributed by atoms with Gasteiger partial charge in [-0.1, -0.05) is 12.1 Å². The van der Waals surface area contributed by atoms with Crippen molar-refractivity contribution in [3.63, 3.8) is 0 Å². The largest absolute Gasteiger partial charge is 0.381 e. The fourth-order valence-corrected chi connectivity index (χ4v) is 2.84. The molecule has 1 saturated heterocycles. The molecule has 2 N–H and O–H groups in total. The summed E-state index contributed by atoms with van der Waals surface area (Å²) in [7, 11) is 0. The molecule has 0 aliphatic carbocycles. The SMILES string of the molecule is O=C(NCCn1c(=O)c(=O)[nH]c2ccccc21)C1CCOCC1. The van der Waals surface area contributed by atoms with Gasteiger partial charge in [0.1, 0.15) is 0 Å². The number of hydrogen-bond acceptors (Lipinski definition) is 4. The van der Waals surface area contributed by atoms with E-state index in [0.717, 1.165) is 12.8 Å². The third-order valence-electron chi connectivity index (χ3n) is 4.11. The van der Waals surface area contributed by atoms with Crippen LogP contribution in [0, 0.1) is 5.92 Å². The number of amides is 1. The first-order valence-corrected chi connectivity index (χ1v) is 7.74. The second-order valence-corrected chi connectivity index (χ2v) is 5.61. The van der Waals surface area contributed by atoms with Crippen LogP contribution in [0.5, 0.6) is 0 Å². The molecule has 0 spiro atoms. The highest BCUT2D eigenvalue weighted by Crippen LogP contribution is 2.14. The monoisotopic (exact) mass is 317 g/mol. The molecular weight excluding hydrogens is 298 g/mol. The quantitative estimate of drug-likeness (QED) is 0.790. The Morgan fingerprint density at radius 2 is 2.00 bits per heavy atom. The molecule has 122 valence electrons. The molecule has 7 heteroatoms. The Labute approximate surface area is 132 Å². The molecule has 0 bridgehead atoms. The average molecular weight is 317 g/mol. The normalized spacial score (nSPS) is 15.7. The zero-order chi connectivity index (χ0) is 16.2. The van der Waals surface area contributed by atoms with E-state index in [4.69, 9.17) is 4.74 Å². The summed E-state index contributed by atoms with van der Waals surface area (Å²) in [6.07, 6.45) is 1.44. The summed E-state index contributed by atoms with van der Waals surface area (Å²) in [5.41, 5.74) is -0.00579. The van der Waals surface area contributed by atoms with Gasteiger partial charge in [-0.25, -0.2) is 0 Å². The Hall–Kier alpha value is -2.41. The van der Waals surface area contributed by atoms with E-state index >= 15 is 0 Å². The Morgan fingerprint density at radius 3 is 2.78 bits per heavy atom. The molecule has 1 aliphatic heterocycles. The van der Waals surface area contributed by atoms with Crippen LogP contribution in [0.25, 0.3) is 11.0 Å². The van der Waals surface area contributed by atoms with Crippen molar-refractivity contribution in [3.8, 4) is 0 Å². The van der Waals surface area contributed by atoms with Crippen LogP contribution < -0.4 is 16.4 Å². The number of benzene rings is 1. The van der Waals surface area contributed by atoms with Crippen molar-refractivity contribution in [2.45, 2.75) is 19.4 Å². The molecule has 0 saturated carbocycles. The maximum Gasteiger partial charge on any atom is 0.316 e. The summed E-state index contributed by atoms with van der Waals surface area (Å²) in [4.78, 5) is 38.4. The minimum Gasteiger partial charge on any atom is -0.381 e. The number of H-pyrrole nitrogens is 1. The lowest BCUT2D eigenvalue weighted by atomic mass is 9.99. The standard InChI is InChI=1S/C16H19N3O4/c20-14(11-5-9-23-10-6-11)17-7-8-19-13-4-2-1-3-12(13)18-15(21)16(19)22/h1-4,11H,5-10H2,(H,17,20)(H,18,21). The second kappa shape index (κ2) is 6.78. The summed E-state index contributed by atoms with van der Waals surface area (Å²) in [5.74, 6) is -0.0492. The lowest BCUT2D eigenvalue weighted by molar-refractivity contribution is -0.127. The first kappa shape index (κ1) is 15.5. The van der Waals surface area contributed by atoms with E-state index in [1.54, 1.807) is 24.3 Å². The highest BCUT2D eigenvalue weighted by atomic mass is 16.5. The van der Waals surface area contributed by atoms with E-state index in [0.29, 0.717) is 30.8 Å². The molecule has 0 unspecified atom stereocenters. The summed E-state index contributed by atoms with van der Waals surface area (Å²) in [5, 5.41) is 2.85. The molecule has 1 aromatic heterocycles. The van der Waals surface area contributed by atoms with Crippen molar-refractivity contribution in [1.82, 2.24) is 14.9 Å². The molecule has 1 aromatic carbocycles. The van der Waals surface area contributed by atoms with Gasteiger partial charge in [0, 0.05) is 32.2 Å². The van der Waals surface area contributed by atoms with E-state index in [-0.39, 0.29) is 18.4 Å². The van der Waals surface area contributed by atoms with Gasteiger partial charge in [0.2, 0.25) is 5.91 Å². The van der Waals surface area contributed by atoms with Crippen molar-refractivity contribution in [3.05, 3.63) is 45.0 Å². The Bertz CT molecular complexity index is 818. The van der Waals surface area contributed by atoms with Crippen LogP contribution in [0.3, 0.4) is 0 Å². The highest BCUT2D eigenvalue weighted by molar-refractivity contribution is 5.78. The lowest BCUT2D eigenvalue weighted by Crippen LogP contribution is -2.40. The van der Waals surface area contributed by atoms with Gasteiger partial charge in [-0.05, 0) is 25.0 Å². The number of rotatable bonds is 4. The molecule has 1 fully saturated rings. The van der Waals surface area contributed by atoms with Gasteiger partial charge < -0.3 is 19.6 Å². The average Bonchev–Trinajstić information content (AvgIpc) is 2.59. The van der Waals surface area contributed by atoms with E-state index in [1.165, 1.54) is 4.57 Å². The van der Waals surface area contributed by atoms with Crippen LogP contribution in [0.1, 0.15) is 12.8 Å². The fraction of sp³-hybridized carbons (Fsp3) is 0.438. The molecule has 2 heterocycles. The maximum absolute atomic E-state index is 12.1. The van der Waals surface area contributed by atoms with Crippen LogP contribution in [0.15, 0.2) is 33.9 Å². The number of nitrogens with one attached hydrogen (secondary N) is 2. The van der Waals surface area contributed by atoms with Gasteiger partial charge in [-0.15, -0.1) is 0 Å². The number of ether oxygens (including phenoxy) is 1. The van der Waals surface area contributed by atoms with Crippen molar-refractivity contribution in [2.75, 3.05) is 19.8 Å². The van der Waals surface area contributed by atoms with Gasteiger partial charge in [-0.2, -0.15) is 0 Å². The van der Waals surface area contributed by atoms with E-state index in [9.17, 15) is 14.4 Å². The number of aromatic nitrogens is 2. The molecule has 1 aliphatic rings. The highest BCUT2D eigenvalue weighted by Gasteiger charge is 2.21. The molecule has 1 amide bonds. The summed E-state index contributed by atoms with van der Waals surface area (Å²) in [6, 6.07) is 7.11. The third kappa shape index (κ3) is 3.34. The van der Waals surface area contributed by atoms with Crippen LogP contribution >= 0.6 is 0 Å². The minimum absolute atomic E-state index is 0.0181. The van der Waals surface area contributed by atoms with Gasteiger partial charge in [0.25, 0.3) is 0 Å². The minimum atomic E-state index is -0.653. The van der Waals surface area contributed by atoms with Crippen molar-refractivity contribution in [1.29, 1.82) is 0 Å². The molecule has 7 nitrogen and oxygen atoms in total. The zero-order valence-electron chi connectivity index (χ0n) is 12.7. The molecule has 0 radical (unpaired) electrons. The third-order valence-corrected chi connectivity index (χ3v) is 4.11. The van der Waals surface area contributed by atoms with E-state index < -0.39 is 11.1 Å². The lowest BCUT2D eigenvalue weighted by Gasteiger charge is -2.21. The molecule has 2 aromatic rings. The van der Waals surface area contributed by atoms with Gasteiger partial charge >= 0.3 is 11.1 Å². The summed E-state index contributed by atoms with van der Waals surface area (Å²) >= 11 is 0. The Morgan fingerprint density at radius 1 is 1.26 bits per heavy atom. The summed E-state index contributed by atoms with van der Waals surface area (Å²) in [6.45, 7) is 1.79. The first-order chi connectivity index (χ1) is 11.2. The Kier molecular flexibility index (Phi) is 4.57. The number of para-hydroxylation sites is 2. The van der Waals surface area contributed by atoms with Gasteiger partial charge in [-0.3, -0.25) is 14.4 Å². The number of carbonyl (C=O) groups is 1.